The number of hydrogen-bond donors (Lipinski definition) is 0. The Balaban J connectivity index is 2.34. The molecule has 0 N–H and O–H groups in total. The van der Waals surface area contributed by atoms with E-state index in [9.17, 15) is 0 Å². The first-order valence-electron chi connectivity index (χ1n) is 4.80. The second-order valence-corrected chi connectivity index (χ2v) is 4.73. The van der Waals surface area contributed by atoms with E-state index < -0.39 is 0 Å². The predicted molar refractivity (Wildman–Crippen MR) is 64.1 cm³/mol. The average Bonchev–Trinajstić information content (AvgIpc) is 2.74. The minimum Gasteiger partial charge on any atom is -0.140 e. The Hall–Kier alpha value is -0.675. The van der Waals surface area contributed by atoms with Gasteiger partial charge in [0.1, 0.15) is 0 Å². The maximum Gasteiger partial charge on any atom is 0.170 e. The van der Waals surface area contributed by atoms with E-state index in [1.807, 2.05) is 0 Å². The van der Waals surface area contributed by atoms with Crippen LogP contribution < -0.4 is 5.46 Å². The molecule has 1 aliphatic carbocycles. The minimum atomic E-state index is 0.559. The molecule has 0 nitrogen and oxygen atoms in total. The van der Waals surface area contributed by atoms with Gasteiger partial charge in [-0.25, -0.2) is 0 Å². The van der Waals surface area contributed by atoms with Crippen molar-refractivity contribution in [1.29, 1.82) is 0 Å². The standard InChI is InChI=1S/C11H14BP/c1-12(2)11-8-13-7-10(11)9-5-3-4-6-9/h3-9,13H,1-2H3. The Morgan fingerprint density at radius 3 is 2.46 bits per heavy atom. The second-order valence-electron chi connectivity index (χ2n) is 3.82. The lowest BCUT2D eigenvalue weighted by atomic mass is 9.48. The van der Waals surface area contributed by atoms with Gasteiger partial charge >= 0.3 is 0 Å². The van der Waals surface area contributed by atoms with Gasteiger partial charge in [-0.3, -0.25) is 0 Å². The first kappa shape index (κ1) is 8.90. The topological polar surface area (TPSA) is 0 Å². The van der Waals surface area contributed by atoms with Crippen LogP contribution in [0.15, 0.2) is 35.9 Å². The molecule has 0 fully saturated rings. The molecule has 2 rings (SSSR count). The summed E-state index contributed by atoms with van der Waals surface area (Å²) in [4.78, 5) is 0. The molecule has 0 saturated heterocycles. The summed E-state index contributed by atoms with van der Waals surface area (Å²) in [6.45, 7) is 5.22. The summed E-state index contributed by atoms with van der Waals surface area (Å²) in [5.74, 6) is 5.34. The largest absolute Gasteiger partial charge is 0.170 e. The summed E-state index contributed by atoms with van der Waals surface area (Å²) in [5.41, 5.74) is 3.10. The summed E-state index contributed by atoms with van der Waals surface area (Å²) in [7, 11) is 0.897. The van der Waals surface area contributed by atoms with Gasteiger partial charge in [0.25, 0.3) is 0 Å². The lowest BCUT2D eigenvalue weighted by Crippen LogP contribution is -2.24. The molecule has 0 aliphatic heterocycles. The van der Waals surface area contributed by atoms with Crippen molar-refractivity contribution in [3.05, 3.63) is 41.5 Å². The highest BCUT2D eigenvalue weighted by molar-refractivity contribution is 7.29. The van der Waals surface area contributed by atoms with Crippen molar-refractivity contribution in [2.24, 2.45) is 0 Å². The van der Waals surface area contributed by atoms with Crippen LogP contribution in [0.4, 0.5) is 0 Å². The van der Waals surface area contributed by atoms with Gasteiger partial charge in [0.15, 0.2) is 6.71 Å². The second kappa shape index (κ2) is 3.60. The van der Waals surface area contributed by atoms with Crippen molar-refractivity contribution < 1.29 is 0 Å². The van der Waals surface area contributed by atoms with Gasteiger partial charge < -0.3 is 0 Å². The molecular weight excluding hydrogens is 174 g/mol. The zero-order valence-electron chi connectivity index (χ0n) is 8.12. The Kier molecular flexibility index (Phi) is 2.46. The van der Waals surface area contributed by atoms with Crippen LogP contribution in [0.5, 0.6) is 0 Å². The first-order valence-corrected chi connectivity index (χ1v) is 5.96. The zero-order valence-corrected chi connectivity index (χ0v) is 9.12. The lowest BCUT2D eigenvalue weighted by Gasteiger charge is -2.09. The summed E-state index contributed by atoms with van der Waals surface area (Å²) >= 11 is 0. The highest BCUT2D eigenvalue weighted by Crippen LogP contribution is 2.25. The highest BCUT2D eigenvalue weighted by atomic mass is 31.0. The van der Waals surface area contributed by atoms with Gasteiger partial charge in [0.05, 0.1) is 0 Å². The van der Waals surface area contributed by atoms with Crippen LogP contribution in [0.25, 0.3) is 0 Å². The fraction of sp³-hybridized carbons (Fsp3) is 0.273. The van der Waals surface area contributed by atoms with Gasteiger partial charge in [0, 0.05) is 5.92 Å². The quantitative estimate of drug-likeness (QED) is 0.626. The zero-order chi connectivity index (χ0) is 9.26. The summed E-state index contributed by atoms with van der Waals surface area (Å²) in [5, 5.41) is 0. The van der Waals surface area contributed by atoms with E-state index in [1.54, 1.807) is 11.0 Å². The fourth-order valence-corrected chi connectivity index (χ4v) is 3.12. The van der Waals surface area contributed by atoms with Crippen LogP contribution in [-0.4, -0.2) is 6.71 Å². The van der Waals surface area contributed by atoms with E-state index in [4.69, 9.17) is 0 Å². The third-order valence-corrected chi connectivity index (χ3v) is 3.50. The van der Waals surface area contributed by atoms with Crippen LogP contribution in [-0.2, 0) is 0 Å². The van der Waals surface area contributed by atoms with Crippen LogP contribution in [0, 0.1) is 0 Å². The molecular formula is C11H14BP. The van der Waals surface area contributed by atoms with Crippen molar-refractivity contribution in [3.8, 4) is 0 Å². The molecule has 0 spiro atoms. The van der Waals surface area contributed by atoms with Crippen LogP contribution in [0.1, 0.15) is 11.5 Å². The van der Waals surface area contributed by atoms with Crippen LogP contribution >= 0.6 is 8.19 Å². The molecule has 13 heavy (non-hydrogen) atoms. The molecule has 2 heteroatoms. The van der Waals surface area contributed by atoms with E-state index in [-0.39, 0.29) is 0 Å². The molecule has 66 valence electrons. The molecule has 1 aliphatic rings. The third-order valence-electron chi connectivity index (χ3n) is 2.54. The summed E-state index contributed by atoms with van der Waals surface area (Å²) < 4.78 is 0. The van der Waals surface area contributed by atoms with E-state index in [2.05, 4.69) is 49.5 Å². The Bertz CT molecular complexity index is 335. The summed E-state index contributed by atoms with van der Waals surface area (Å²) in [6, 6.07) is 0. The van der Waals surface area contributed by atoms with Gasteiger partial charge in [-0.2, -0.15) is 0 Å². The maximum atomic E-state index is 2.39. The Morgan fingerprint density at radius 2 is 1.85 bits per heavy atom. The predicted octanol–water partition coefficient (Wildman–Crippen LogP) is 2.89. The molecule has 0 radical (unpaired) electrons. The van der Waals surface area contributed by atoms with Crippen LogP contribution in [0.2, 0.25) is 13.6 Å². The fourth-order valence-electron chi connectivity index (χ4n) is 1.82. The van der Waals surface area contributed by atoms with Crippen molar-refractivity contribution in [1.82, 2.24) is 0 Å². The number of hydrogen-bond acceptors (Lipinski definition) is 0. The molecule has 1 aromatic rings. The normalized spacial score (nSPS) is 16.2. The monoisotopic (exact) mass is 188 g/mol. The minimum absolute atomic E-state index is 0.559. The van der Waals surface area contributed by atoms with E-state index in [0.717, 1.165) is 8.19 Å². The van der Waals surface area contributed by atoms with E-state index in [1.165, 1.54) is 0 Å². The molecule has 1 aromatic heterocycles. The molecule has 0 amide bonds. The molecule has 0 saturated carbocycles. The number of rotatable bonds is 2. The van der Waals surface area contributed by atoms with Crippen molar-refractivity contribution in [2.45, 2.75) is 19.6 Å². The van der Waals surface area contributed by atoms with Gasteiger partial charge in [0.2, 0.25) is 0 Å². The van der Waals surface area contributed by atoms with E-state index >= 15 is 0 Å². The average molecular weight is 188 g/mol. The first-order chi connectivity index (χ1) is 6.29. The highest BCUT2D eigenvalue weighted by Gasteiger charge is 2.15. The van der Waals surface area contributed by atoms with Gasteiger partial charge in [-0.15, -0.1) is 8.19 Å². The van der Waals surface area contributed by atoms with Crippen molar-refractivity contribution in [2.75, 3.05) is 0 Å². The van der Waals surface area contributed by atoms with Crippen LogP contribution in [0.3, 0.4) is 0 Å². The molecule has 1 atom stereocenters. The SMILES string of the molecule is CB(C)c1c[pH]cc1C1C=CC=C1. The molecule has 1 unspecified atom stereocenters. The smallest absolute Gasteiger partial charge is 0.140 e. The Labute approximate surface area is 81.9 Å². The maximum absolute atomic E-state index is 2.39. The molecule has 0 aromatic carbocycles. The third kappa shape index (κ3) is 1.66. The summed E-state index contributed by atoms with van der Waals surface area (Å²) in [6.07, 6.45) is 8.84. The van der Waals surface area contributed by atoms with Gasteiger partial charge in [-0.05, 0) is 11.4 Å². The van der Waals surface area contributed by atoms with Crippen molar-refractivity contribution >= 4 is 20.4 Å². The molecule has 1 heterocycles. The number of allylic oxidation sites excluding steroid dienone is 4. The molecule has 0 bridgehead atoms. The van der Waals surface area contributed by atoms with Gasteiger partial charge in [-0.1, -0.05) is 49.2 Å². The van der Waals surface area contributed by atoms with E-state index in [0.29, 0.717) is 12.6 Å². The van der Waals surface area contributed by atoms with Crippen molar-refractivity contribution in [3.63, 3.8) is 0 Å². The Morgan fingerprint density at radius 1 is 1.15 bits per heavy atom. The lowest BCUT2D eigenvalue weighted by molar-refractivity contribution is 1.13.